The molecule has 3 N–H and O–H groups in total. The van der Waals surface area contributed by atoms with E-state index in [9.17, 15) is 4.79 Å². The topological polar surface area (TPSA) is 91.4 Å². The summed E-state index contributed by atoms with van der Waals surface area (Å²) in [6.07, 6.45) is 4.25. The van der Waals surface area contributed by atoms with Crippen molar-refractivity contribution in [3.63, 3.8) is 0 Å². The van der Waals surface area contributed by atoms with Gasteiger partial charge in [0, 0.05) is 37.0 Å². The number of nitrogens with one attached hydrogen (secondary N) is 3. The molecule has 39 heavy (non-hydrogen) atoms. The van der Waals surface area contributed by atoms with Gasteiger partial charge in [-0.3, -0.25) is 4.79 Å². The molecule has 9 heteroatoms. The molecule has 1 saturated heterocycles. The number of hydrogen-bond donors (Lipinski definition) is 3. The summed E-state index contributed by atoms with van der Waals surface area (Å²) in [7, 11) is 4.11. The number of carbonyl (C=O) groups excluding carboxylic acids is 1. The Morgan fingerprint density at radius 3 is 2.79 bits per heavy atom. The average molecular weight is 545 g/mol. The lowest BCUT2D eigenvalue weighted by Crippen LogP contribution is -2.32. The predicted molar refractivity (Wildman–Crippen MR) is 158 cm³/mol. The fourth-order valence-electron chi connectivity index (χ4n) is 4.57. The van der Waals surface area contributed by atoms with E-state index in [0.717, 1.165) is 83.3 Å². The van der Waals surface area contributed by atoms with E-state index >= 15 is 0 Å². The molecule has 1 fully saturated rings. The Kier molecular flexibility index (Phi) is 9.28. The SMILES string of the molecule is CN(C)CCNCc1cccc(C(=O)Nc2ccccc2-c2nc3cc(COC4CCNCC4)cnc3s2)c1. The molecule has 0 aliphatic carbocycles. The maximum Gasteiger partial charge on any atom is 0.255 e. The minimum absolute atomic E-state index is 0.144. The number of ether oxygens (including phenoxy) is 1. The number of fused-ring (bicyclic) bond motifs is 1. The molecule has 2 aromatic heterocycles. The second-order valence-electron chi connectivity index (χ2n) is 10.1. The van der Waals surface area contributed by atoms with Crippen molar-refractivity contribution in [3.05, 3.63) is 77.5 Å². The van der Waals surface area contributed by atoms with Crippen molar-refractivity contribution < 1.29 is 9.53 Å². The molecule has 3 heterocycles. The molecule has 0 spiro atoms. The zero-order valence-electron chi connectivity index (χ0n) is 22.6. The van der Waals surface area contributed by atoms with Gasteiger partial charge < -0.3 is 25.6 Å². The highest BCUT2D eigenvalue weighted by molar-refractivity contribution is 7.21. The summed E-state index contributed by atoms with van der Waals surface area (Å²) in [6, 6.07) is 17.6. The van der Waals surface area contributed by atoms with Crippen molar-refractivity contribution in [2.75, 3.05) is 45.6 Å². The molecule has 0 atom stereocenters. The molecule has 0 saturated carbocycles. The molecule has 0 radical (unpaired) electrons. The van der Waals surface area contributed by atoms with Gasteiger partial charge in [-0.2, -0.15) is 0 Å². The number of nitrogens with zero attached hydrogens (tertiary/aromatic N) is 3. The van der Waals surface area contributed by atoms with Crippen LogP contribution in [0.25, 0.3) is 20.9 Å². The third kappa shape index (κ3) is 7.46. The van der Waals surface area contributed by atoms with Gasteiger partial charge in [0.1, 0.15) is 15.4 Å². The zero-order valence-corrected chi connectivity index (χ0v) is 23.4. The summed E-state index contributed by atoms with van der Waals surface area (Å²) < 4.78 is 6.10. The first-order valence-electron chi connectivity index (χ1n) is 13.5. The van der Waals surface area contributed by atoms with Crippen molar-refractivity contribution in [1.82, 2.24) is 25.5 Å². The van der Waals surface area contributed by atoms with E-state index in [-0.39, 0.29) is 5.91 Å². The van der Waals surface area contributed by atoms with E-state index in [0.29, 0.717) is 18.3 Å². The summed E-state index contributed by atoms with van der Waals surface area (Å²) in [5.74, 6) is -0.144. The van der Waals surface area contributed by atoms with Crippen LogP contribution in [0, 0.1) is 0 Å². The third-order valence-corrected chi connectivity index (χ3v) is 7.75. The minimum Gasteiger partial charge on any atom is -0.373 e. The number of aromatic nitrogens is 2. The smallest absolute Gasteiger partial charge is 0.255 e. The third-order valence-electron chi connectivity index (χ3n) is 6.74. The van der Waals surface area contributed by atoms with E-state index in [1.807, 2.05) is 54.7 Å². The molecule has 1 amide bonds. The largest absolute Gasteiger partial charge is 0.373 e. The summed E-state index contributed by atoms with van der Waals surface area (Å²) in [5, 5.41) is 10.7. The number of amides is 1. The number of pyridine rings is 1. The Labute approximate surface area is 233 Å². The van der Waals surface area contributed by atoms with Crippen molar-refractivity contribution in [3.8, 4) is 10.6 Å². The maximum atomic E-state index is 13.2. The molecular formula is C30H36N6O2S. The Morgan fingerprint density at radius 2 is 1.95 bits per heavy atom. The van der Waals surface area contributed by atoms with Crippen LogP contribution in [-0.2, 0) is 17.9 Å². The van der Waals surface area contributed by atoms with Crippen LogP contribution in [0.3, 0.4) is 0 Å². The average Bonchev–Trinajstić information content (AvgIpc) is 3.38. The van der Waals surface area contributed by atoms with Gasteiger partial charge in [-0.15, -0.1) is 0 Å². The van der Waals surface area contributed by atoms with Gasteiger partial charge in [0.2, 0.25) is 0 Å². The number of para-hydroxylation sites is 1. The highest BCUT2D eigenvalue weighted by Gasteiger charge is 2.16. The Balaban J connectivity index is 1.27. The van der Waals surface area contributed by atoms with Gasteiger partial charge in [-0.05, 0) is 81.5 Å². The minimum atomic E-state index is -0.144. The van der Waals surface area contributed by atoms with Gasteiger partial charge in [-0.25, -0.2) is 9.97 Å². The lowest BCUT2D eigenvalue weighted by Gasteiger charge is -2.22. The quantitative estimate of drug-likeness (QED) is 0.239. The van der Waals surface area contributed by atoms with Crippen LogP contribution in [0.4, 0.5) is 5.69 Å². The number of thiazole rings is 1. The fourth-order valence-corrected chi connectivity index (χ4v) is 5.50. The van der Waals surface area contributed by atoms with Crippen LogP contribution >= 0.6 is 11.3 Å². The zero-order chi connectivity index (χ0) is 27.0. The highest BCUT2D eigenvalue weighted by atomic mass is 32.1. The van der Waals surface area contributed by atoms with Gasteiger partial charge >= 0.3 is 0 Å². The predicted octanol–water partition coefficient (Wildman–Crippen LogP) is 4.53. The molecule has 0 bridgehead atoms. The molecule has 5 rings (SSSR count). The number of likely N-dealkylation sites (N-methyl/N-ethyl adjacent to an activating group) is 1. The molecule has 0 unspecified atom stereocenters. The lowest BCUT2D eigenvalue weighted by molar-refractivity contribution is 0.0211. The van der Waals surface area contributed by atoms with Crippen LogP contribution in [0.2, 0.25) is 0 Å². The molecule has 1 aliphatic rings. The summed E-state index contributed by atoms with van der Waals surface area (Å²) in [6.45, 7) is 5.12. The van der Waals surface area contributed by atoms with Gasteiger partial charge in [-0.1, -0.05) is 35.6 Å². The second-order valence-corrected chi connectivity index (χ2v) is 11.1. The number of benzene rings is 2. The summed E-state index contributed by atoms with van der Waals surface area (Å²) in [4.78, 5) is 25.7. The first kappa shape index (κ1) is 27.4. The number of rotatable bonds is 11. The number of hydrogen-bond acceptors (Lipinski definition) is 8. The van der Waals surface area contributed by atoms with Gasteiger partial charge in [0.05, 0.1) is 18.4 Å². The molecule has 8 nitrogen and oxygen atoms in total. The highest BCUT2D eigenvalue weighted by Crippen LogP contribution is 2.34. The number of piperidine rings is 1. The molecule has 4 aromatic rings. The van der Waals surface area contributed by atoms with Crippen molar-refractivity contribution in [2.45, 2.75) is 32.1 Å². The summed E-state index contributed by atoms with van der Waals surface area (Å²) in [5.41, 5.74) is 5.17. The monoisotopic (exact) mass is 544 g/mol. The van der Waals surface area contributed by atoms with E-state index in [1.165, 1.54) is 11.3 Å². The van der Waals surface area contributed by atoms with Crippen molar-refractivity contribution >= 4 is 33.3 Å². The van der Waals surface area contributed by atoms with E-state index in [1.54, 1.807) is 0 Å². The summed E-state index contributed by atoms with van der Waals surface area (Å²) >= 11 is 1.52. The Hall–Kier alpha value is -3.21. The van der Waals surface area contributed by atoms with Crippen LogP contribution in [0.15, 0.2) is 60.8 Å². The number of carbonyl (C=O) groups is 1. The van der Waals surface area contributed by atoms with Crippen LogP contribution in [0.5, 0.6) is 0 Å². The Morgan fingerprint density at radius 1 is 1.10 bits per heavy atom. The molecule has 1 aliphatic heterocycles. The van der Waals surface area contributed by atoms with E-state index in [2.05, 4.69) is 46.0 Å². The van der Waals surface area contributed by atoms with Crippen molar-refractivity contribution in [1.29, 1.82) is 0 Å². The van der Waals surface area contributed by atoms with Gasteiger partial charge in [0.25, 0.3) is 5.91 Å². The fraction of sp³-hybridized carbons (Fsp3) is 0.367. The maximum absolute atomic E-state index is 13.2. The van der Waals surface area contributed by atoms with Crippen LogP contribution in [0.1, 0.15) is 34.3 Å². The van der Waals surface area contributed by atoms with E-state index < -0.39 is 0 Å². The van der Waals surface area contributed by atoms with Crippen LogP contribution in [-0.4, -0.2) is 67.2 Å². The molecule has 2 aromatic carbocycles. The van der Waals surface area contributed by atoms with Crippen LogP contribution < -0.4 is 16.0 Å². The first-order chi connectivity index (χ1) is 19.0. The number of anilines is 1. The normalized spacial score (nSPS) is 14.2. The van der Waals surface area contributed by atoms with E-state index in [4.69, 9.17) is 9.72 Å². The molecular weight excluding hydrogens is 508 g/mol. The second kappa shape index (κ2) is 13.2. The Bertz CT molecular complexity index is 1400. The lowest BCUT2D eigenvalue weighted by atomic mass is 10.1. The first-order valence-corrected chi connectivity index (χ1v) is 14.3. The molecule has 204 valence electrons. The van der Waals surface area contributed by atoms with Crippen molar-refractivity contribution in [2.24, 2.45) is 0 Å². The standard InChI is InChI=1S/C30H36N6O2S/c1-36(2)15-14-32-18-21-6-5-7-23(16-21)28(37)34-26-9-4-3-8-25(26)29-35-27-17-22(19-33-30(27)39-29)20-38-24-10-12-31-13-11-24/h3-9,16-17,19,24,31-32H,10-15,18,20H2,1-2H3,(H,34,37). The van der Waals surface area contributed by atoms with Gasteiger partial charge in [0.15, 0.2) is 0 Å².